The highest BCUT2D eigenvalue weighted by Gasteiger charge is 2.22. The summed E-state index contributed by atoms with van der Waals surface area (Å²) in [6.07, 6.45) is 1.03. The Labute approximate surface area is 158 Å². The van der Waals surface area contributed by atoms with Crippen LogP contribution in [0.1, 0.15) is 5.56 Å². The molecule has 8 heteroatoms. The summed E-state index contributed by atoms with van der Waals surface area (Å²) in [5.74, 6) is 0.305. The van der Waals surface area contributed by atoms with Gasteiger partial charge in [-0.2, -0.15) is 0 Å². The Morgan fingerprint density at radius 2 is 1.81 bits per heavy atom. The van der Waals surface area contributed by atoms with Crippen molar-refractivity contribution in [1.29, 1.82) is 0 Å². The van der Waals surface area contributed by atoms with E-state index >= 15 is 0 Å². The second-order valence-electron chi connectivity index (χ2n) is 5.68. The summed E-state index contributed by atoms with van der Waals surface area (Å²) in [5, 5.41) is 2.91. The van der Waals surface area contributed by atoms with E-state index in [-0.39, 0.29) is 30.4 Å². The molecule has 140 valence electrons. The lowest BCUT2D eigenvalue weighted by Crippen LogP contribution is -2.41. The first-order chi connectivity index (χ1) is 12.3. The van der Waals surface area contributed by atoms with Crippen LogP contribution in [0.4, 0.5) is 5.69 Å². The normalized spacial score (nSPS) is 11.0. The van der Waals surface area contributed by atoms with Crippen molar-refractivity contribution in [3.63, 3.8) is 0 Å². The highest BCUT2D eigenvalue weighted by Crippen LogP contribution is 2.26. The Balaban J connectivity index is 1.92. The molecule has 2 rings (SSSR count). The topological polar surface area (TPSA) is 75.7 Å². The van der Waals surface area contributed by atoms with E-state index in [0.717, 1.165) is 21.9 Å². The van der Waals surface area contributed by atoms with E-state index in [1.807, 2.05) is 31.2 Å². The molecule has 2 aromatic rings. The zero-order valence-corrected chi connectivity index (χ0v) is 16.2. The SMILES string of the molecule is Cc1ccccc1OCCNC(=O)CN(c1ccccc1Cl)S(C)(=O)=O. The van der Waals surface area contributed by atoms with Gasteiger partial charge in [-0.25, -0.2) is 8.42 Å². The van der Waals surface area contributed by atoms with Crippen LogP contribution < -0.4 is 14.4 Å². The fraction of sp³-hybridized carbons (Fsp3) is 0.278. The average molecular weight is 397 g/mol. The Morgan fingerprint density at radius 3 is 2.46 bits per heavy atom. The molecule has 0 aliphatic heterocycles. The number of carbonyl (C=O) groups is 1. The number of nitrogens with zero attached hydrogens (tertiary/aromatic N) is 1. The Morgan fingerprint density at radius 1 is 1.15 bits per heavy atom. The number of nitrogens with one attached hydrogen (secondary N) is 1. The molecule has 0 radical (unpaired) electrons. The van der Waals surface area contributed by atoms with Gasteiger partial charge in [-0.3, -0.25) is 9.10 Å². The van der Waals surface area contributed by atoms with Gasteiger partial charge in [-0.1, -0.05) is 41.9 Å². The third-order valence-corrected chi connectivity index (χ3v) is 5.03. The van der Waals surface area contributed by atoms with E-state index < -0.39 is 15.9 Å². The minimum Gasteiger partial charge on any atom is -0.491 e. The van der Waals surface area contributed by atoms with Crippen molar-refractivity contribution in [3.05, 3.63) is 59.1 Å². The minimum absolute atomic E-state index is 0.257. The number of benzene rings is 2. The van der Waals surface area contributed by atoms with E-state index in [0.29, 0.717) is 0 Å². The Kier molecular flexibility index (Phi) is 6.88. The molecule has 26 heavy (non-hydrogen) atoms. The van der Waals surface area contributed by atoms with Crippen LogP contribution in [0, 0.1) is 6.92 Å². The zero-order valence-electron chi connectivity index (χ0n) is 14.6. The number of ether oxygens (including phenoxy) is 1. The molecule has 1 amide bonds. The van der Waals surface area contributed by atoms with Gasteiger partial charge >= 0.3 is 0 Å². The molecule has 0 unspecified atom stereocenters. The van der Waals surface area contributed by atoms with Crippen LogP contribution in [0.25, 0.3) is 0 Å². The highest BCUT2D eigenvalue weighted by atomic mass is 35.5. The second kappa shape index (κ2) is 8.91. The lowest BCUT2D eigenvalue weighted by atomic mass is 10.2. The van der Waals surface area contributed by atoms with Gasteiger partial charge in [-0.15, -0.1) is 0 Å². The third-order valence-electron chi connectivity index (χ3n) is 3.58. The average Bonchev–Trinajstić information content (AvgIpc) is 2.58. The zero-order chi connectivity index (χ0) is 19.2. The summed E-state index contributed by atoms with van der Waals surface area (Å²) in [6.45, 7) is 2.11. The molecule has 0 atom stereocenters. The van der Waals surface area contributed by atoms with E-state index in [9.17, 15) is 13.2 Å². The predicted molar refractivity (Wildman–Crippen MR) is 103 cm³/mol. The van der Waals surface area contributed by atoms with Gasteiger partial charge in [0.15, 0.2) is 0 Å². The third kappa shape index (κ3) is 5.64. The number of amides is 1. The van der Waals surface area contributed by atoms with Gasteiger partial charge in [0.25, 0.3) is 0 Å². The number of anilines is 1. The van der Waals surface area contributed by atoms with Gasteiger partial charge in [0.2, 0.25) is 15.9 Å². The molecule has 0 saturated carbocycles. The van der Waals surface area contributed by atoms with Crippen LogP contribution in [0.5, 0.6) is 5.75 Å². The molecule has 2 aromatic carbocycles. The summed E-state index contributed by atoms with van der Waals surface area (Å²) < 4.78 is 30.6. The number of sulfonamides is 1. The molecule has 0 spiro atoms. The lowest BCUT2D eigenvalue weighted by Gasteiger charge is -2.22. The molecule has 0 bridgehead atoms. The van der Waals surface area contributed by atoms with Gasteiger partial charge < -0.3 is 10.1 Å². The molecule has 0 aromatic heterocycles. The Bertz CT molecular complexity index is 871. The lowest BCUT2D eigenvalue weighted by molar-refractivity contribution is -0.119. The van der Waals surface area contributed by atoms with Crippen molar-refractivity contribution in [2.75, 3.05) is 30.3 Å². The monoisotopic (exact) mass is 396 g/mol. The number of hydrogen-bond acceptors (Lipinski definition) is 4. The number of halogens is 1. The van der Waals surface area contributed by atoms with Crippen molar-refractivity contribution in [2.24, 2.45) is 0 Å². The molecule has 0 fully saturated rings. The first-order valence-corrected chi connectivity index (χ1v) is 10.2. The van der Waals surface area contributed by atoms with Crippen LogP contribution in [0.15, 0.2) is 48.5 Å². The van der Waals surface area contributed by atoms with Crippen LogP contribution >= 0.6 is 11.6 Å². The summed E-state index contributed by atoms with van der Waals surface area (Å²) in [4.78, 5) is 12.1. The molecular formula is C18H21ClN2O4S. The van der Waals surface area contributed by atoms with Crippen LogP contribution in [0.2, 0.25) is 5.02 Å². The summed E-state index contributed by atoms with van der Waals surface area (Å²) >= 11 is 6.06. The van der Waals surface area contributed by atoms with Crippen LogP contribution in [0.3, 0.4) is 0 Å². The molecule has 0 aliphatic rings. The maximum atomic E-state index is 12.1. The molecule has 0 aliphatic carbocycles. The van der Waals surface area contributed by atoms with Crippen molar-refractivity contribution in [3.8, 4) is 5.75 Å². The number of para-hydroxylation sites is 2. The van der Waals surface area contributed by atoms with Crippen molar-refractivity contribution < 1.29 is 17.9 Å². The van der Waals surface area contributed by atoms with Gasteiger partial charge in [0, 0.05) is 0 Å². The van der Waals surface area contributed by atoms with Crippen LogP contribution in [-0.4, -0.2) is 40.3 Å². The summed E-state index contributed by atoms with van der Waals surface area (Å²) in [6, 6.07) is 14.0. The molecule has 6 nitrogen and oxygen atoms in total. The molecular weight excluding hydrogens is 376 g/mol. The minimum atomic E-state index is -3.66. The van der Waals surface area contributed by atoms with E-state index in [4.69, 9.17) is 16.3 Å². The van der Waals surface area contributed by atoms with Crippen molar-refractivity contribution in [2.45, 2.75) is 6.92 Å². The summed E-state index contributed by atoms with van der Waals surface area (Å²) in [5.41, 5.74) is 1.27. The maximum absolute atomic E-state index is 12.1. The standard InChI is InChI=1S/C18H21ClN2O4S/c1-14-7-3-6-10-17(14)25-12-11-20-18(22)13-21(26(2,23)24)16-9-5-4-8-15(16)19/h3-10H,11-13H2,1-2H3,(H,20,22). The molecule has 0 saturated heterocycles. The summed E-state index contributed by atoms with van der Waals surface area (Å²) in [7, 11) is -3.66. The fourth-order valence-corrected chi connectivity index (χ4v) is 3.45. The Hall–Kier alpha value is -2.25. The van der Waals surface area contributed by atoms with Gasteiger partial charge in [-0.05, 0) is 30.7 Å². The predicted octanol–water partition coefficient (Wildman–Crippen LogP) is 2.61. The van der Waals surface area contributed by atoms with E-state index in [1.165, 1.54) is 0 Å². The van der Waals surface area contributed by atoms with Crippen LogP contribution in [-0.2, 0) is 14.8 Å². The number of rotatable bonds is 8. The quantitative estimate of drug-likeness (QED) is 0.696. The molecule has 0 heterocycles. The van der Waals surface area contributed by atoms with Gasteiger partial charge in [0.05, 0.1) is 23.5 Å². The number of carbonyl (C=O) groups excluding carboxylic acids is 1. The van der Waals surface area contributed by atoms with Crippen molar-refractivity contribution in [1.82, 2.24) is 5.32 Å². The largest absolute Gasteiger partial charge is 0.491 e. The second-order valence-corrected chi connectivity index (χ2v) is 8.00. The number of hydrogen-bond donors (Lipinski definition) is 1. The first kappa shape index (κ1) is 20.1. The fourth-order valence-electron chi connectivity index (χ4n) is 2.29. The van der Waals surface area contributed by atoms with E-state index in [1.54, 1.807) is 24.3 Å². The first-order valence-electron chi connectivity index (χ1n) is 7.96. The van der Waals surface area contributed by atoms with Gasteiger partial charge in [0.1, 0.15) is 18.9 Å². The smallest absolute Gasteiger partial charge is 0.240 e. The molecule has 1 N–H and O–H groups in total. The highest BCUT2D eigenvalue weighted by molar-refractivity contribution is 7.92. The number of aryl methyl sites for hydroxylation is 1. The van der Waals surface area contributed by atoms with Crippen molar-refractivity contribution >= 4 is 33.2 Å². The van der Waals surface area contributed by atoms with E-state index in [2.05, 4.69) is 5.32 Å². The maximum Gasteiger partial charge on any atom is 0.240 e.